The van der Waals surface area contributed by atoms with E-state index >= 15 is 0 Å². The Morgan fingerprint density at radius 3 is 2.35 bits per heavy atom. The summed E-state index contributed by atoms with van der Waals surface area (Å²) in [5.41, 5.74) is -1.95. The van der Waals surface area contributed by atoms with Crippen LogP contribution in [-0.2, 0) is 6.18 Å². The molecule has 94 valence electrons. The summed E-state index contributed by atoms with van der Waals surface area (Å²) < 4.78 is 56.1. The van der Waals surface area contributed by atoms with Crippen LogP contribution < -0.4 is 4.74 Å². The van der Waals surface area contributed by atoms with E-state index in [1.165, 1.54) is 6.92 Å². The zero-order chi connectivity index (χ0) is 13.2. The Bertz CT molecular complexity index is 438. The quantitative estimate of drug-likeness (QED) is 0.606. The molecule has 1 aromatic carbocycles. The molecule has 0 unspecified atom stereocenters. The zero-order valence-corrected chi connectivity index (χ0v) is 9.19. The second-order valence-corrected chi connectivity index (χ2v) is 3.31. The molecule has 0 saturated carbocycles. The van der Waals surface area contributed by atoms with Crippen LogP contribution in [-0.4, -0.2) is 12.4 Å². The van der Waals surface area contributed by atoms with Crippen molar-refractivity contribution in [2.45, 2.75) is 20.0 Å². The summed E-state index contributed by atoms with van der Waals surface area (Å²) in [4.78, 5) is 11.1. The highest BCUT2D eigenvalue weighted by Gasteiger charge is 2.38. The summed E-state index contributed by atoms with van der Waals surface area (Å²) in [6.07, 6.45) is -4.76. The van der Waals surface area contributed by atoms with Crippen molar-refractivity contribution >= 4 is 5.78 Å². The highest BCUT2D eigenvalue weighted by molar-refractivity contribution is 5.96. The number of halogens is 4. The number of ether oxygens (including phenoxy) is 1. The van der Waals surface area contributed by atoms with Crippen molar-refractivity contribution in [1.82, 2.24) is 0 Å². The van der Waals surface area contributed by atoms with Crippen LogP contribution in [0.25, 0.3) is 0 Å². The van der Waals surface area contributed by atoms with E-state index in [4.69, 9.17) is 4.74 Å². The summed E-state index contributed by atoms with van der Waals surface area (Å²) in [5.74, 6) is -2.46. The number of benzene rings is 1. The minimum atomic E-state index is -4.76. The topological polar surface area (TPSA) is 26.3 Å². The maximum Gasteiger partial charge on any atom is 0.420 e. The SMILES string of the molecule is CCOc1cc(F)cc(C(C)=O)c1C(F)(F)F. The van der Waals surface area contributed by atoms with Crippen LogP contribution in [0.2, 0.25) is 0 Å². The van der Waals surface area contributed by atoms with Crippen molar-refractivity contribution in [3.63, 3.8) is 0 Å². The maximum absolute atomic E-state index is 13.1. The molecule has 0 N–H and O–H groups in total. The molecule has 2 nitrogen and oxygen atoms in total. The predicted octanol–water partition coefficient (Wildman–Crippen LogP) is 3.45. The second kappa shape index (κ2) is 4.73. The average molecular weight is 250 g/mol. The van der Waals surface area contributed by atoms with Crippen LogP contribution in [0, 0.1) is 5.82 Å². The fraction of sp³-hybridized carbons (Fsp3) is 0.364. The smallest absolute Gasteiger partial charge is 0.420 e. The molecule has 0 aliphatic rings. The normalized spacial score (nSPS) is 11.4. The molecule has 1 aromatic rings. The number of carbonyl (C=O) groups is 1. The molecule has 6 heteroatoms. The predicted molar refractivity (Wildman–Crippen MR) is 52.6 cm³/mol. The Balaban J connectivity index is 3.53. The van der Waals surface area contributed by atoms with Crippen molar-refractivity contribution in [2.75, 3.05) is 6.61 Å². The van der Waals surface area contributed by atoms with Gasteiger partial charge >= 0.3 is 6.18 Å². The molecule has 1 rings (SSSR count). The van der Waals surface area contributed by atoms with Gasteiger partial charge in [-0.25, -0.2) is 4.39 Å². The molecule has 0 fully saturated rings. The van der Waals surface area contributed by atoms with Crippen LogP contribution >= 0.6 is 0 Å². The number of carbonyl (C=O) groups excluding carboxylic acids is 1. The van der Waals surface area contributed by atoms with Gasteiger partial charge in [-0.15, -0.1) is 0 Å². The highest BCUT2D eigenvalue weighted by Crippen LogP contribution is 2.39. The minimum Gasteiger partial charge on any atom is -0.493 e. The summed E-state index contributed by atoms with van der Waals surface area (Å²) in [7, 11) is 0. The van der Waals surface area contributed by atoms with Gasteiger partial charge in [0.1, 0.15) is 17.1 Å². The molecule has 0 amide bonds. The Hall–Kier alpha value is -1.59. The molecular weight excluding hydrogens is 240 g/mol. The maximum atomic E-state index is 13.1. The molecule has 17 heavy (non-hydrogen) atoms. The van der Waals surface area contributed by atoms with Gasteiger partial charge in [0.15, 0.2) is 5.78 Å². The lowest BCUT2D eigenvalue weighted by Crippen LogP contribution is -2.15. The molecular formula is C11H10F4O2. The highest BCUT2D eigenvalue weighted by atomic mass is 19.4. The third-order valence-electron chi connectivity index (χ3n) is 2.03. The number of Topliss-reactive ketones (excluding diaryl/α,β-unsaturated/α-hetero) is 1. The molecule has 0 aliphatic heterocycles. The van der Waals surface area contributed by atoms with Gasteiger partial charge in [0.2, 0.25) is 0 Å². The standard InChI is InChI=1S/C11H10F4O2/c1-3-17-9-5-7(12)4-8(6(2)16)10(9)11(13,14)15/h4-5H,3H2,1-2H3. The lowest BCUT2D eigenvalue weighted by molar-refractivity contribution is -0.139. The van der Waals surface area contributed by atoms with Gasteiger partial charge in [0, 0.05) is 11.6 Å². The fourth-order valence-electron chi connectivity index (χ4n) is 1.42. The summed E-state index contributed by atoms with van der Waals surface area (Å²) in [5, 5.41) is 0. The Morgan fingerprint density at radius 1 is 1.35 bits per heavy atom. The third kappa shape index (κ3) is 2.95. The number of rotatable bonds is 3. The van der Waals surface area contributed by atoms with Crippen LogP contribution in [0.4, 0.5) is 17.6 Å². The van der Waals surface area contributed by atoms with E-state index in [-0.39, 0.29) is 6.61 Å². The summed E-state index contributed by atoms with van der Waals surface area (Å²) in [6, 6.07) is 1.19. The van der Waals surface area contributed by atoms with Crippen LogP contribution in [0.3, 0.4) is 0 Å². The van der Waals surface area contributed by atoms with Gasteiger partial charge in [-0.3, -0.25) is 4.79 Å². The second-order valence-electron chi connectivity index (χ2n) is 3.31. The third-order valence-corrected chi connectivity index (χ3v) is 2.03. The molecule has 0 bridgehead atoms. The first-order valence-electron chi connectivity index (χ1n) is 4.81. The van der Waals surface area contributed by atoms with E-state index in [0.29, 0.717) is 12.1 Å². The van der Waals surface area contributed by atoms with Gasteiger partial charge < -0.3 is 4.74 Å². The van der Waals surface area contributed by atoms with Crippen LogP contribution in [0.5, 0.6) is 5.75 Å². The van der Waals surface area contributed by atoms with Crippen molar-refractivity contribution in [2.24, 2.45) is 0 Å². The first-order valence-corrected chi connectivity index (χ1v) is 4.81. The molecule has 0 atom stereocenters. The molecule has 0 radical (unpaired) electrons. The number of hydrogen-bond donors (Lipinski definition) is 0. The monoisotopic (exact) mass is 250 g/mol. The van der Waals surface area contributed by atoms with Gasteiger partial charge in [-0.2, -0.15) is 13.2 Å². The summed E-state index contributed by atoms with van der Waals surface area (Å²) >= 11 is 0. The van der Waals surface area contributed by atoms with Crippen LogP contribution in [0.1, 0.15) is 29.8 Å². The molecule has 0 aromatic heterocycles. The molecule has 0 saturated heterocycles. The van der Waals surface area contributed by atoms with Gasteiger partial charge in [-0.1, -0.05) is 0 Å². The Labute approximate surface area is 95.2 Å². The minimum absolute atomic E-state index is 0.0517. The van der Waals surface area contributed by atoms with Crippen molar-refractivity contribution in [3.05, 3.63) is 29.1 Å². The molecule has 0 spiro atoms. The molecule has 0 aliphatic carbocycles. The van der Waals surface area contributed by atoms with Crippen molar-refractivity contribution in [1.29, 1.82) is 0 Å². The number of alkyl halides is 3. The van der Waals surface area contributed by atoms with Gasteiger partial charge in [0.05, 0.1) is 6.61 Å². The van der Waals surface area contributed by atoms with E-state index in [9.17, 15) is 22.4 Å². The first-order chi connectivity index (χ1) is 7.77. The van der Waals surface area contributed by atoms with E-state index in [2.05, 4.69) is 0 Å². The molecule has 0 heterocycles. The average Bonchev–Trinajstić information content (AvgIpc) is 2.14. The first kappa shape index (κ1) is 13.5. The Kier molecular flexibility index (Phi) is 3.75. The van der Waals surface area contributed by atoms with E-state index in [1.54, 1.807) is 0 Å². The van der Waals surface area contributed by atoms with Gasteiger partial charge in [0.25, 0.3) is 0 Å². The number of hydrogen-bond acceptors (Lipinski definition) is 2. The largest absolute Gasteiger partial charge is 0.493 e. The van der Waals surface area contributed by atoms with Crippen molar-refractivity contribution in [3.8, 4) is 5.75 Å². The zero-order valence-electron chi connectivity index (χ0n) is 9.19. The van der Waals surface area contributed by atoms with E-state index in [0.717, 1.165) is 6.92 Å². The Morgan fingerprint density at radius 2 is 1.94 bits per heavy atom. The van der Waals surface area contributed by atoms with E-state index < -0.39 is 34.7 Å². The number of ketones is 1. The fourth-order valence-corrected chi connectivity index (χ4v) is 1.42. The van der Waals surface area contributed by atoms with E-state index in [1.807, 2.05) is 0 Å². The summed E-state index contributed by atoms with van der Waals surface area (Å²) in [6.45, 7) is 2.36. The lowest BCUT2D eigenvalue weighted by atomic mass is 10.0. The van der Waals surface area contributed by atoms with Gasteiger partial charge in [-0.05, 0) is 19.9 Å². The van der Waals surface area contributed by atoms with Crippen molar-refractivity contribution < 1.29 is 27.1 Å². The lowest BCUT2D eigenvalue weighted by Gasteiger charge is -2.16. The van der Waals surface area contributed by atoms with Crippen LogP contribution in [0.15, 0.2) is 12.1 Å².